The maximum atomic E-state index is 12.6. The molecule has 1 saturated carbocycles. The van der Waals surface area contributed by atoms with Gasteiger partial charge in [0.25, 0.3) is 5.91 Å². The summed E-state index contributed by atoms with van der Waals surface area (Å²) in [5.74, 6) is 0.484. The van der Waals surface area contributed by atoms with Crippen LogP contribution in [0.25, 0.3) is 0 Å². The highest BCUT2D eigenvalue weighted by atomic mass is 35.5. The lowest BCUT2D eigenvalue weighted by molar-refractivity contribution is -0.126. The Hall–Kier alpha value is -1.11. The van der Waals surface area contributed by atoms with E-state index < -0.39 is 0 Å². The van der Waals surface area contributed by atoms with Crippen molar-refractivity contribution in [2.24, 2.45) is 11.7 Å². The third-order valence-corrected chi connectivity index (χ3v) is 5.40. The zero-order chi connectivity index (χ0) is 15.5. The molecule has 7 heteroatoms. The number of nitrogens with two attached hydrogens (primary N) is 1. The second-order valence-electron chi connectivity index (χ2n) is 6.23. The number of likely N-dealkylation sites (tertiary alicyclic amines) is 1. The Morgan fingerprint density at radius 3 is 2.78 bits per heavy atom. The molecular weight excluding hydrogens is 334 g/mol. The van der Waals surface area contributed by atoms with Crippen molar-refractivity contribution in [3.63, 3.8) is 0 Å². The Morgan fingerprint density at radius 2 is 2.13 bits per heavy atom. The molecule has 2 atom stereocenters. The Balaban J connectivity index is 0.00000192. The Labute approximate surface area is 147 Å². The fraction of sp³-hybridized carbons (Fsp3) is 0.625. The van der Waals surface area contributed by atoms with E-state index in [0.29, 0.717) is 23.9 Å². The van der Waals surface area contributed by atoms with Gasteiger partial charge in [0.1, 0.15) is 6.04 Å². The number of amides is 2. The van der Waals surface area contributed by atoms with Gasteiger partial charge in [-0.2, -0.15) is 0 Å². The number of hydrogen-bond donors (Lipinski definition) is 2. The first-order valence-electron chi connectivity index (χ1n) is 8.04. The minimum Gasteiger partial charge on any atom is -0.353 e. The third-order valence-electron chi connectivity index (χ3n) is 4.54. The van der Waals surface area contributed by atoms with Crippen molar-refractivity contribution in [2.45, 2.75) is 44.2 Å². The topological polar surface area (TPSA) is 75.4 Å². The molecule has 0 aromatic carbocycles. The predicted molar refractivity (Wildman–Crippen MR) is 94.0 cm³/mol. The summed E-state index contributed by atoms with van der Waals surface area (Å²) in [6.07, 6.45) is 5.03. The maximum Gasteiger partial charge on any atom is 0.264 e. The van der Waals surface area contributed by atoms with Crippen LogP contribution >= 0.6 is 23.7 Å². The van der Waals surface area contributed by atoms with Crippen molar-refractivity contribution >= 4 is 35.6 Å². The quantitative estimate of drug-likeness (QED) is 0.846. The molecule has 2 unspecified atom stereocenters. The monoisotopic (exact) mass is 357 g/mol. The molecule has 3 rings (SSSR count). The van der Waals surface area contributed by atoms with Gasteiger partial charge in [-0.25, -0.2) is 0 Å². The van der Waals surface area contributed by atoms with Crippen LogP contribution in [0.5, 0.6) is 0 Å². The van der Waals surface area contributed by atoms with Crippen molar-refractivity contribution in [1.82, 2.24) is 10.2 Å². The molecule has 1 aliphatic carbocycles. The van der Waals surface area contributed by atoms with E-state index in [-0.39, 0.29) is 36.3 Å². The number of hydrogen-bond acceptors (Lipinski definition) is 4. The minimum atomic E-state index is -0.352. The van der Waals surface area contributed by atoms with Crippen LogP contribution in [0, 0.1) is 5.92 Å². The van der Waals surface area contributed by atoms with Gasteiger partial charge in [-0.05, 0) is 49.5 Å². The average molecular weight is 358 g/mol. The van der Waals surface area contributed by atoms with Crippen LogP contribution < -0.4 is 11.1 Å². The Morgan fingerprint density at radius 1 is 1.35 bits per heavy atom. The van der Waals surface area contributed by atoms with Crippen LogP contribution in [0.2, 0.25) is 0 Å². The molecule has 3 N–H and O–H groups in total. The van der Waals surface area contributed by atoms with Gasteiger partial charge < -0.3 is 16.0 Å². The third kappa shape index (κ3) is 4.46. The van der Waals surface area contributed by atoms with E-state index in [0.717, 1.165) is 19.3 Å². The Kier molecular flexibility index (Phi) is 6.44. The van der Waals surface area contributed by atoms with Crippen molar-refractivity contribution in [2.75, 3.05) is 13.1 Å². The number of nitrogens with zero attached hydrogens (tertiary/aromatic N) is 1. The summed E-state index contributed by atoms with van der Waals surface area (Å²) < 4.78 is 0. The van der Waals surface area contributed by atoms with Crippen LogP contribution in [-0.2, 0) is 4.79 Å². The summed E-state index contributed by atoms with van der Waals surface area (Å²) in [6.45, 7) is 1.17. The summed E-state index contributed by atoms with van der Waals surface area (Å²) in [5.41, 5.74) is 6.03. The minimum absolute atomic E-state index is 0. The molecule has 5 nitrogen and oxygen atoms in total. The molecule has 2 aliphatic rings. The zero-order valence-corrected chi connectivity index (χ0v) is 14.7. The average Bonchev–Trinajstić information content (AvgIpc) is 3.26. The van der Waals surface area contributed by atoms with Gasteiger partial charge in [0, 0.05) is 19.1 Å². The van der Waals surface area contributed by atoms with Gasteiger partial charge in [0.2, 0.25) is 5.91 Å². The summed E-state index contributed by atoms with van der Waals surface area (Å²) in [5, 5.41) is 4.84. The van der Waals surface area contributed by atoms with Gasteiger partial charge in [0.15, 0.2) is 0 Å². The van der Waals surface area contributed by atoms with Crippen molar-refractivity contribution in [3.05, 3.63) is 22.4 Å². The number of piperidine rings is 1. The normalized spacial score (nSPS) is 22.1. The molecule has 2 amide bonds. The second-order valence-corrected chi connectivity index (χ2v) is 7.18. The molecule has 1 aromatic rings. The second kappa shape index (κ2) is 8.13. The fourth-order valence-corrected chi connectivity index (χ4v) is 3.70. The molecule has 2 fully saturated rings. The highest BCUT2D eigenvalue weighted by Gasteiger charge is 2.34. The van der Waals surface area contributed by atoms with Gasteiger partial charge in [-0.15, -0.1) is 23.7 Å². The number of nitrogens with one attached hydrogen (secondary N) is 1. The van der Waals surface area contributed by atoms with Crippen molar-refractivity contribution in [1.29, 1.82) is 0 Å². The van der Waals surface area contributed by atoms with Crippen molar-refractivity contribution in [3.8, 4) is 0 Å². The van der Waals surface area contributed by atoms with Crippen molar-refractivity contribution < 1.29 is 9.59 Å². The molecule has 0 bridgehead atoms. The predicted octanol–water partition coefficient (Wildman–Crippen LogP) is 2.02. The molecule has 1 aliphatic heterocycles. The van der Waals surface area contributed by atoms with E-state index in [1.165, 1.54) is 24.2 Å². The molecule has 1 saturated heterocycles. The first kappa shape index (κ1) is 18.2. The fourth-order valence-electron chi connectivity index (χ4n) is 3.02. The largest absolute Gasteiger partial charge is 0.353 e. The smallest absolute Gasteiger partial charge is 0.264 e. The highest BCUT2D eigenvalue weighted by Crippen LogP contribution is 2.31. The number of carbonyl (C=O) groups is 2. The van der Waals surface area contributed by atoms with E-state index in [9.17, 15) is 9.59 Å². The van der Waals surface area contributed by atoms with Crippen LogP contribution in [-0.4, -0.2) is 41.9 Å². The van der Waals surface area contributed by atoms with Gasteiger partial charge >= 0.3 is 0 Å². The molecule has 128 valence electrons. The first-order chi connectivity index (χ1) is 10.7. The molecule has 2 heterocycles. The van der Waals surface area contributed by atoms with Gasteiger partial charge in [-0.3, -0.25) is 9.59 Å². The molecule has 0 radical (unpaired) electrons. The summed E-state index contributed by atoms with van der Waals surface area (Å²) in [7, 11) is 0. The van der Waals surface area contributed by atoms with Crippen LogP contribution in [0.4, 0.5) is 0 Å². The Bertz CT molecular complexity index is 533. The number of halogens is 1. The van der Waals surface area contributed by atoms with Gasteiger partial charge in [0.05, 0.1) is 4.88 Å². The molecule has 1 aromatic heterocycles. The summed E-state index contributed by atoms with van der Waals surface area (Å²) in [6, 6.07) is 3.38. The number of thiophene rings is 1. The van der Waals surface area contributed by atoms with E-state index in [1.54, 1.807) is 4.90 Å². The lowest BCUT2D eigenvalue weighted by Gasteiger charge is -2.34. The summed E-state index contributed by atoms with van der Waals surface area (Å²) >= 11 is 1.43. The zero-order valence-electron chi connectivity index (χ0n) is 13.1. The lowest BCUT2D eigenvalue weighted by Crippen LogP contribution is -2.53. The van der Waals surface area contributed by atoms with Crippen LogP contribution in [0.1, 0.15) is 41.8 Å². The molecule has 23 heavy (non-hydrogen) atoms. The highest BCUT2D eigenvalue weighted by molar-refractivity contribution is 7.12. The first-order valence-corrected chi connectivity index (χ1v) is 8.92. The van der Waals surface area contributed by atoms with Crippen LogP contribution in [0.3, 0.4) is 0 Å². The van der Waals surface area contributed by atoms with E-state index >= 15 is 0 Å². The lowest BCUT2D eigenvalue weighted by atomic mass is 10.0. The standard InChI is InChI=1S/C16H23N3O2S.ClH/c17-12(11-6-7-11)10-18-15(20)13-4-1-2-8-19(13)16(21)14-5-3-9-22-14;/h3,5,9,11-13H,1-2,4,6-8,10,17H2,(H,18,20);1H. The van der Waals surface area contributed by atoms with E-state index in [2.05, 4.69) is 5.32 Å². The van der Waals surface area contributed by atoms with E-state index in [1.807, 2.05) is 17.5 Å². The number of carbonyl (C=O) groups excluding carboxylic acids is 2. The summed E-state index contributed by atoms with van der Waals surface area (Å²) in [4.78, 5) is 27.5. The molecule has 0 spiro atoms. The van der Waals surface area contributed by atoms with Gasteiger partial charge in [-0.1, -0.05) is 6.07 Å². The maximum absolute atomic E-state index is 12.6. The van der Waals surface area contributed by atoms with E-state index in [4.69, 9.17) is 5.73 Å². The molecular formula is C16H24ClN3O2S. The van der Waals surface area contributed by atoms with Crippen LogP contribution in [0.15, 0.2) is 17.5 Å². The SMILES string of the molecule is Cl.NC(CNC(=O)C1CCCCN1C(=O)c1cccs1)C1CC1. The number of rotatable bonds is 5.